The van der Waals surface area contributed by atoms with E-state index in [-0.39, 0.29) is 11.8 Å². The van der Waals surface area contributed by atoms with E-state index in [1.165, 1.54) is 19.3 Å². The minimum absolute atomic E-state index is 0.0860. The highest BCUT2D eigenvalue weighted by atomic mass is 35.5. The Morgan fingerprint density at radius 1 is 1.40 bits per heavy atom. The van der Waals surface area contributed by atoms with Crippen molar-refractivity contribution in [3.8, 4) is 0 Å². The van der Waals surface area contributed by atoms with Crippen molar-refractivity contribution in [2.24, 2.45) is 11.3 Å². The molecule has 1 amide bonds. The number of likely N-dealkylation sites (tertiary alicyclic amines) is 1. The third-order valence-electron chi connectivity index (χ3n) is 3.93. The molecule has 2 aliphatic rings. The van der Waals surface area contributed by atoms with E-state index in [0.29, 0.717) is 11.3 Å². The molecule has 1 saturated carbocycles. The van der Waals surface area contributed by atoms with Gasteiger partial charge in [-0.15, -0.1) is 23.2 Å². The molecule has 1 spiro atoms. The molecule has 2 rings (SSSR count). The maximum atomic E-state index is 11.5. The quantitative estimate of drug-likeness (QED) is 0.689. The van der Waals surface area contributed by atoms with Crippen molar-refractivity contribution >= 4 is 29.1 Å². The van der Waals surface area contributed by atoms with E-state index >= 15 is 0 Å². The molecule has 0 unspecified atom stereocenters. The lowest BCUT2D eigenvalue weighted by Crippen LogP contribution is -2.32. The molecule has 2 fully saturated rings. The molecular formula is C11H17Cl2NO. The highest BCUT2D eigenvalue weighted by molar-refractivity contribution is 6.27. The molecule has 0 radical (unpaired) electrons. The molecular weight excluding hydrogens is 233 g/mol. The average Bonchev–Trinajstić information content (AvgIpc) is 2.86. The summed E-state index contributed by atoms with van der Waals surface area (Å²) in [4.78, 5) is 13.4. The van der Waals surface area contributed by atoms with Gasteiger partial charge in [0.25, 0.3) is 0 Å². The van der Waals surface area contributed by atoms with Gasteiger partial charge in [0.15, 0.2) is 0 Å². The zero-order chi connectivity index (χ0) is 10.9. The van der Waals surface area contributed by atoms with Gasteiger partial charge in [0.05, 0.1) is 0 Å². The minimum Gasteiger partial charge on any atom is -0.341 e. The first-order chi connectivity index (χ1) is 7.19. The normalized spacial score (nSPS) is 35.3. The highest BCUT2D eigenvalue weighted by Crippen LogP contribution is 2.48. The Balaban J connectivity index is 1.94. The maximum Gasteiger partial charge on any atom is 0.237 e. The third kappa shape index (κ3) is 2.26. The molecule has 1 saturated heterocycles. The number of hydrogen-bond acceptors (Lipinski definition) is 1. The molecule has 0 aromatic heterocycles. The number of amides is 1. The first-order valence-electron chi connectivity index (χ1n) is 5.59. The average molecular weight is 250 g/mol. The predicted molar refractivity (Wildman–Crippen MR) is 62.4 cm³/mol. The molecule has 86 valence electrons. The van der Waals surface area contributed by atoms with Gasteiger partial charge in [-0.25, -0.2) is 0 Å². The van der Waals surface area contributed by atoms with E-state index in [1.807, 2.05) is 4.90 Å². The minimum atomic E-state index is 0.0860. The lowest BCUT2D eigenvalue weighted by Gasteiger charge is -2.23. The standard InChI is InChI=1S/C11H17Cl2NO/c12-6-9-1-2-11(5-9)3-4-14(8-11)10(15)7-13/h9H,1-8H2/t9-,11-/m1/s1. The Morgan fingerprint density at radius 2 is 2.20 bits per heavy atom. The third-order valence-corrected chi connectivity index (χ3v) is 4.59. The van der Waals surface area contributed by atoms with Crippen LogP contribution in [-0.2, 0) is 4.79 Å². The number of halogens is 2. The van der Waals surface area contributed by atoms with Gasteiger partial charge in [0.2, 0.25) is 5.91 Å². The Kier molecular flexibility index (Phi) is 3.46. The summed E-state index contributed by atoms with van der Waals surface area (Å²) in [5, 5.41) is 0. The van der Waals surface area contributed by atoms with Crippen LogP contribution in [-0.4, -0.2) is 35.7 Å². The van der Waals surface area contributed by atoms with E-state index in [0.717, 1.165) is 25.4 Å². The molecule has 2 nitrogen and oxygen atoms in total. The molecule has 1 aliphatic heterocycles. The van der Waals surface area contributed by atoms with Crippen molar-refractivity contribution in [1.82, 2.24) is 4.90 Å². The van der Waals surface area contributed by atoms with Gasteiger partial charge in [-0.1, -0.05) is 0 Å². The highest BCUT2D eigenvalue weighted by Gasteiger charge is 2.44. The Labute approximate surface area is 101 Å². The SMILES string of the molecule is O=C(CCl)N1CC[C@@]2(CC[C@@H](CCl)C2)C1. The summed E-state index contributed by atoms with van der Waals surface area (Å²) in [6, 6.07) is 0. The summed E-state index contributed by atoms with van der Waals surface area (Å²) in [7, 11) is 0. The van der Waals surface area contributed by atoms with Crippen molar-refractivity contribution in [3.05, 3.63) is 0 Å². The number of carbonyl (C=O) groups excluding carboxylic acids is 1. The molecule has 0 N–H and O–H groups in total. The molecule has 15 heavy (non-hydrogen) atoms. The van der Waals surface area contributed by atoms with Gasteiger partial charge >= 0.3 is 0 Å². The molecule has 2 atom stereocenters. The van der Waals surface area contributed by atoms with Gasteiger partial charge in [-0.3, -0.25) is 4.79 Å². The molecule has 0 aromatic rings. The summed E-state index contributed by atoms with van der Waals surface area (Å²) in [5.41, 5.74) is 0.376. The summed E-state index contributed by atoms with van der Waals surface area (Å²) >= 11 is 11.5. The fourth-order valence-corrected chi connectivity index (χ4v) is 3.49. The predicted octanol–water partition coefficient (Wildman–Crippen LogP) is 2.48. The lowest BCUT2D eigenvalue weighted by molar-refractivity contribution is -0.127. The number of alkyl halides is 2. The van der Waals surface area contributed by atoms with E-state index in [9.17, 15) is 4.79 Å². The first kappa shape index (κ1) is 11.5. The zero-order valence-corrected chi connectivity index (χ0v) is 10.4. The lowest BCUT2D eigenvalue weighted by atomic mass is 9.85. The van der Waals surface area contributed by atoms with Gasteiger partial charge in [0.1, 0.15) is 5.88 Å². The van der Waals surface area contributed by atoms with Gasteiger partial charge in [-0.05, 0) is 37.0 Å². The summed E-state index contributed by atoms with van der Waals surface area (Å²) in [6.45, 7) is 1.80. The second kappa shape index (κ2) is 4.50. The van der Waals surface area contributed by atoms with Gasteiger partial charge in [-0.2, -0.15) is 0 Å². The second-order valence-corrected chi connectivity index (χ2v) is 5.54. The van der Waals surface area contributed by atoms with Crippen LogP contribution >= 0.6 is 23.2 Å². The van der Waals surface area contributed by atoms with E-state index in [4.69, 9.17) is 23.2 Å². The van der Waals surface area contributed by atoms with Crippen molar-refractivity contribution < 1.29 is 4.79 Å². The van der Waals surface area contributed by atoms with Gasteiger partial charge in [0, 0.05) is 19.0 Å². The van der Waals surface area contributed by atoms with E-state index in [1.54, 1.807) is 0 Å². The van der Waals surface area contributed by atoms with Crippen LogP contribution < -0.4 is 0 Å². The van der Waals surface area contributed by atoms with Gasteiger partial charge < -0.3 is 4.90 Å². The largest absolute Gasteiger partial charge is 0.341 e. The second-order valence-electron chi connectivity index (χ2n) is 4.96. The Bertz CT molecular complexity index is 259. The summed E-state index contributed by atoms with van der Waals surface area (Å²) < 4.78 is 0. The topological polar surface area (TPSA) is 20.3 Å². The van der Waals surface area contributed by atoms with Crippen LogP contribution in [0.4, 0.5) is 0 Å². The summed E-state index contributed by atoms with van der Waals surface area (Å²) in [5.74, 6) is 1.64. The fourth-order valence-electron chi connectivity index (χ4n) is 3.06. The number of rotatable bonds is 2. The van der Waals surface area contributed by atoms with Crippen LogP contribution in [0.3, 0.4) is 0 Å². The Hall–Kier alpha value is 0.0500. The molecule has 0 bridgehead atoms. The number of nitrogens with zero attached hydrogens (tertiary/aromatic N) is 1. The van der Waals surface area contributed by atoms with Crippen LogP contribution in [0.1, 0.15) is 25.7 Å². The van der Waals surface area contributed by atoms with Crippen LogP contribution in [0.5, 0.6) is 0 Å². The number of hydrogen-bond donors (Lipinski definition) is 0. The smallest absolute Gasteiger partial charge is 0.237 e. The van der Waals surface area contributed by atoms with Crippen molar-refractivity contribution in [2.75, 3.05) is 24.8 Å². The van der Waals surface area contributed by atoms with Crippen LogP contribution in [0.2, 0.25) is 0 Å². The monoisotopic (exact) mass is 249 g/mol. The maximum absolute atomic E-state index is 11.5. The molecule has 1 heterocycles. The van der Waals surface area contributed by atoms with Crippen LogP contribution in [0.25, 0.3) is 0 Å². The van der Waals surface area contributed by atoms with E-state index in [2.05, 4.69) is 0 Å². The molecule has 4 heteroatoms. The fraction of sp³-hybridized carbons (Fsp3) is 0.909. The first-order valence-corrected chi connectivity index (χ1v) is 6.66. The zero-order valence-electron chi connectivity index (χ0n) is 8.85. The Morgan fingerprint density at radius 3 is 2.80 bits per heavy atom. The molecule has 0 aromatic carbocycles. The van der Waals surface area contributed by atoms with Crippen molar-refractivity contribution in [1.29, 1.82) is 0 Å². The van der Waals surface area contributed by atoms with Crippen LogP contribution in [0.15, 0.2) is 0 Å². The summed E-state index contributed by atoms with van der Waals surface area (Å²) in [6.07, 6.45) is 4.80. The van der Waals surface area contributed by atoms with E-state index < -0.39 is 0 Å². The van der Waals surface area contributed by atoms with Crippen molar-refractivity contribution in [3.63, 3.8) is 0 Å². The van der Waals surface area contributed by atoms with Crippen LogP contribution in [0, 0.1) is 11.3 Å². The van der Waals surface area contributed by atoms with Crippen molar-refractivity contribution in [2.45, 2.75) is 25.7 Å². The number of carbonyl (C=O) groups is 1. The molecule has 1 aliphatic carbocycles.